The van der Waals surface area contributed by atoms with Crippen LogP contribution in [0.4, 0.5) is 8.78 Å². The summed E-state index contributed by atoms with van der Waals surface area (Å²) < 4.78 is 41.6. The Labute approximate surface area is 254 Å². The lowest BCUT2D eigenvalue weighted by atomic mass is 10.1. The summed E-state index contributed by atoms with van der Waals surface area (Å²) >= 11 is 0. The van der Waals surface area contributed by atoms with Crippen LogP contribution >= 0.6 is 0 Å². The Hall–Kier alpha value is -3.81. The van der Waals surface area contributed by atoms with Crippen LogP contribution in [0.15, 0.2) is 36.4 Å². The highest BCUT2D eigenvalue weighted by Crippen LogP contribution is 2.39. The van der Waals surface area contributed by atoms with E-state index in [1.807, 2.05) is 32.0 Å². The highest BCUT2D eigenvalue weighted by molar-refractivity contribution is 5.75. The summed E-state index contributed by atoms with van der Waals surface area (Å²) in [6.45, 7) is 11.6. The Morgan fingerprint density at radius 2 is 1.33 bits per heavy atom. The molecular weight excluding hydrogens is 546 g/mol. The maximum Gasteiger partial charge on any atom is 0.180 e. The first-order chi connectivity index (χ1) is 20.9. The molecule has 1 N–H and O–H groups in total. The maximum absolute atomic E-state index is 15.1. The minimum Gasteiger partial charge on any atom is -0.493 e. The molecule has 2 aromatic carbocycles. The molecule has 0 atom stereocenters. The van der Waals surface area contributed by atoms with Gasteiger partial charge in [-0.25, -0.2) is 23.7 Å². The Bertz CT molecular complexity index is 1470. The van der Waals surface area contributed by atoms with Crippen LogP contribution in [-0.4, -0.2) is 33.1 Å². The highest BCUT2D eigenvalue weighted by Gasteiger charge is 2.23. The van der Waals surface area contributed by atoms with Gasteiger partial charge in [0.05, 0.1) is 24.5 Å². The normalized spacial score (nSPS) is 11.2. The molecule has 230 valence electrons. The van der Waals surface area contributed by atoms with Crippen molar-refractivity contribution in [3.8, 4) is 45.8 Å². The number of aryl methyl sites for hydroxylation is 1. The molecular formula is C35H44F2N4O2. The maximum atomic E-state index is 15.1. The first kappa shape index (κ1) is 32.1. The van der Waals surface area contributed by atoms with Gasteiger partial charge in [-0.2, -0.15) is 0 Å². The summed E-state index contributed by atoms with van der Waals surface area (Å²) in [5.74, 6) is 0.563. The third-order valence-electron chi connectivity index (χ3n) is 7.70. The number of nitrogens with zero attached hydrogens (tertiary/aromatic N) is 3. The van der Waals surface area contributed by atoms with E-state index in [2.05, 4.69) is 25.8 Å². The van der Waals surface area contributed by atoms with Crippen LogP contribution in [0.25, 0.3) is 34.3 Å². The van der Waals surface area contributed by atoms with Crippen LogP contribution in [-0.2, 0) is 6.42 Å². The minimum absolute atomic E-state index is 0.0861. The van der Waals surface area contributed by atoms with E-state index in [1.165, 1.54) is 17.7 Å². The highest BCUT2D eigenvalue weighted by atomic mass is 19.1. The molecule has 4 rings (SSSR count). The third-order valence-corrected chi connectivity index (χ3v) is 7.70. The number of hydrogen-bond donors (Lipinski definition) is 1. The van der Waals surface area contributed by atoms with Crippen molar-refractivity contribution in [2.75, 3.05) is 13.2 Å². The average Bonchev–Trinajstić information content (AvgIpc) is 3.29. The number of aromatic amines is 1. The van der Waals surface area contributed by atoms with Crippen molar-refractivity contribution in [3.63, 3.8) is 0 Å². The molecule has 43 heavy (non-hydrogen) atoms. The van der Waals surface area contributed by atoms with Crippen molar-refractivity contribution in [2.45, 2.75) is 92.4 Å². The lowest BCUT2D eigenvalue weighted by Gasteiger charge is -2.17. The summed E-state index contributed by atoms with van der Waals surface area (Å²) in [5, 5.41) is 0. The molecule has 0 amide bonds. The van der Waals surface area contributed by atoms with Gasteiger partial charge in [-0.15, -0.1) is 0 Å². The Morgan fingerprint density at radius 3 is 1.88 bits per heavy atom. The van der Waals surface area contributed by atoms with Crippen molar-refractivity contribution in [1.29, 1.82) is 0 Å². The van der Waals surface area contributed by atoms with Gasteiger partial charge in [0.15, 0.2) is 17.5 Å². The quantitative estimate of drug-likeness (QED) is 0.132. The van der Waals surface area contributed by atoms with E-state index in [0.717, 1.165) is 80.8 Å². The number of benzene rings is 2. The summed E-state index contributed by atoms with van der Waals surface area (Å²) in [5.41, 5.74) is 4.65. The lowest BCUT2D eigenvalue weighted by Crippen LogP contribution is -2.07. The predicted octanol–water partition coefficient (Wildman–Crippen LogP) is 9.58. The molecule has 2 heterocycles. The molecule has 0 spiro atoms. The van der Waals surface area contributed by atoms with E-state index in [1.54, 1.807) is 0 Å². The second kappa shape index (κ2) is 15.6. The van der Waals surface area contributed by atoms with Gasteiger partial charge in [-0.05, 0) is 68.5 Å². The van der Waals surface area contributed by atoms with Crippen LogP contribution in [0.2, 0.25) is 0 Å². The van der Waals surface area contributed by atoms with Gasteiger partial charge in [0, 0.05) is 11.8 Å². The van der Waals surface area contributed by atoms with Gasteiger partial charge < -0.3 is 14.5 Å². The number of halogens is 2. The second-order valence-corrected chi connectivity index (χ2v) is 11.0. The van der Waals surface area contributed by atoms with Crippen LogP contribution in [0, 0.1) is 25.5 Å². The number of ether oxygens (including phenoxy) is 2. The topological polar surface area (TPSA) is 72.9 Å². The van der Waals surface area contributed by atoms with Crippen LogP contribution in [0.5, 0.6) is 11.5 Å². The van der Waals surface area contributed by atoms with Crippen LogP contribution in [0.1, 0.15) is 89.0 Å². The fourth-order valence-electron chi connectivity index (χ4n) is 5.33. The van der Waals surface area contributed by atoms with Gasteiger partial charge in [0.1, 0.15) is 28.7 Å². The van der Waals surface area contributed by atoms with Gasteiger partial charge >= 0.3 is 0 Å². The minimum atomic E-state index is -0.746. The van der Waals surface area contributed by atoms with Crippen molar-refractivity contribution >= 4 is 0 Å². The number of hydrogen-bond acceptors (Lipinski definition) is 5. The molecule has 6 nitrogen and oxygen atoms in total. The van der Waals surface area contributed by atoms with Crippen molar-refractivity contribution in [3.05, 3.63) is 64.9 Å². The SMILES string of the molecule is CCCCCCOc1cccc(OCCCCCC)c1-c1nc(-c2ccc(F)cc2F)nc(-c2[nH]c(C)c(CC)c2C)n1. The van der Waals surface area contributed by atoms with E-state index in [-0.39, 0.29) is 11.4 Å². The molecule has 4 aromatic rings. The average molecular weight is 591 g/mol. The standard InChI is InChI=1S/C35H44F2N4O2/c1-6-9-11-13-20-42-29-16-15-17-30(43-21-14-12-10-7-2)31(29)34-39-33(27-19-18-25(36)22-28(27)37)40-35(41-34)32-23(4)26(8-3)24(5)38-32/h15-19,22,38H,6-14,20-21H2,1-5H3. The van der Waals surface area contributed by atoms with E-state index >= 15 is 4.39 Å². The predicted molar refractivity (Wildman–Crippen MR) is 169 cm³/mol. The van der Waals surface area contributed by atoms with Gasteiger partial charge in [0.2, 0.25) is 0 Å². The molecule has 8 heteroatoms. The third kappa shape index (κ3) is 7.98. The lowest BCUT2D eigenvalue weighted by molar-refractivity contribution is 0.292. The van der Waals surface area contributed by atoms with E-state index in [4.69, 9.17) is 24.4 Å². The van der Waals surface area contributed by atoms with Gasteiger partial charge in [0.25, 0.3) is 0 Å². The summed E-state index contributed by atoms with van der Waals surface area (Å²) in [4.78, 5) is 17.8. The Kier molecular flexibility index (Phi) is 11.6. The number of nitrogens with one attached hydrogen (secondary N) is 1. The molecule has 0 saturated carbocycles. The zero-order chi connectivity index (χ0) is 30.8. The molecule has 0 unspecified atom stereocenters. The second-order valence-electron chi connectivity index (χ2n) is 11.0. The molecule has 0 fully saturated rings. The Balaban J connectivity index is 1.87. The van der Waals surface area contributed by atoms with Crippen molar-refractivity contribution < 1.29 is 18.3 Å². The van der Waals surface area contributed by atoms with E-state index in [0.29, 0.717) is 41.9 Å². The number of unbranched alkanes of at least 4 members (excludes halogenated alkanes) is 6. The molecule has 0 aliphatic heterocycles. The number of H-pyrrole nitrogens is 1. The zero-order valence-electron chi connectivity index (χ0n) is 26.2. The van der Waals surface area contributed by atoms with E-state index < -0.39 is 11.6 Å². The first-order valence-electron chi connectivity index (χ1n) is 15.7. The summed E-state index contributed by atoms with van der Waals surface area (Å²) in [6.07, 6.45) is 9.42. The fourth-order valence-corrected chi connectivity index (χ4v) is 5.33. The molecule has 0 bridgehead atoms. The molecule has 0 aliphatic carbocycles. The fraction of sp³-hybridized carbons (Fsp3) is 0.457. The van der Waals surface area contributed by atoms with Crippen LogP contribution < -0.4 is 9.47 Å². The molecule has 2 aromatic heterocycles. The smallest absolute Gasteiger partial charge is 0.180 e. The van der Waals surface area contributed by atoms with E-state index in [9.17, 15) is 4.39 Å². The zero-order valence-corrected chi connectivity index (χ0v) is 26.2. The summed E-state index contributed by atoms with van der Waals surface area (Å²) in [6, 6.07) is 9.09. The number of rotatable bonds is 16. The molecule has 0 radical (unpaired) electrons. The first-order valence-corrected chi connectivity index (χ1v) is 15.7. The number of aromatic nitrogens is 4. The summed E-state index contributed by atoms with van der Waals surface area (Å²) in [7, 11) is 0. The largest absolute Gasteiger partial charge is 0.493 e. The Morgan fingerprint density at radius 1 is 0.721 bits per heavy atom. The van der Waals surface area contributed by atoms with Gasteiger partial charge in [-0.3, -0.25) is 0 Å². The van der Waals surface area contributed by atoms with Crippen molar-refractivity contribution in [1.82, 2.24) is 19.9 Å². The van der Waals surface area contributed by atoms with Crippen LogP contribution in [0.3, 0.4) is 0 Å². The monoisotopic (exact) mass is 590 g/mol. The molecule has 0 saturated heterocycles. The van der Waals surface area contributed by atoms with Crippen molar-refractivity contribution in [2.24, 2.45) is 0 Å². The molecule has 0 aliphatic rings. The van der Waals surface area contributed by atoms with Gasteiger partial charge in [-0.1, -0.05) is 65.4 Å².